The molecular weight excluding hydrogens is 338 g/mol. The quantitative estimate of drug-likeness (QED) is 0.672. The molecule has 0 aliphatic carbocycles. The van der Waals surface area contributed by atoms with Gasteiger partial charge in [0.15, 0.2) is 5.78 Å². The molecule has 0 aliphatic heterocycles. The average molecular weight is 361 g/mol. The van der Waals surface area contributed by atoms with E-state index in [1.807, 2.05) is 66.1 Å². The molecule has 3 rings (SSSR count). The van der Waals surface area contributed by atoms with Crippen LogP contribution in [0.5, 0.6) is 0 Å². The van der Waals surface area contributed by atoms with E-state index < -0.39 is 0 Å². The lowest BCUT2D eigenvalue weighted by atomic mass is 10.0. The molecule has 1 unspecified atom stereocenters. The molecule has 0 radical (unpaired) electrons. The molecule has 0 spiro atoms. The van der Waals surface area contributed by atoms with E-state index >= 15 is 0 Å². The fourth-order valence-electron chi connectivity index (χ4n) is 3.23. The van der Waals surface area contributed by atoms with Crippen molar-refractivity contribution in [1.82, 2.24) is 14.9 Å². The van der Waals surface area contributed by atoms with Crippen molar-refractivity contribution in [3.63, 3.8) is 0 Å². The van der Waals surface area contributed by atoms with Crippen molar-refractivity contribution in [2.45, 2.75) is 26.3 Å². The second-order valence-corrected chi connectivity index (χ2v) is 6.39. The number of amides is 1. The van der Waals surface area contributed by atoms with Crippen molar-refractivity contribution in [3.05, 3.63) is 66.5 Å². The number of rotatable bonds is 6. The molecule has 5 heteroatoms. The fraction of sp³-hybridized carbons (Fsp3) is 0.227. The predicted molar refractivity (Wildman–Crippen MR) is 106 cm³/mol. The summed E-state index contributed by atoms with van der Waals surface area (Å²) in [5.41, 5.74) is 4.23. The van der Waals surface area contributed by atoms with Crippen LogP contribution in [0.1, 0.15) is 36.7 Å². The van der Waals surface area contributed by atoms with Crippen LogP contribution in [0.2, 0.25) is 0 Å². The van der Waals surface area contributed by atoms with E-state index in [1.165, 1.54) is 0 Å². The number of carbonyl (C=O) groups is 2. The number of hydrogen-bond donors (Lipinski definition) is 1. The van der Waals surface area contributed by atoms with Gasteiger partial charge in [-0.1, -0.05) is 61.5 Å². The summed E-state index contributed by atoms with van der Waals surface area (Å²) in [6.45, 7) is 3.53. The number of ketones is 1. The lowest BCUT2D eigenvalue weighted by Gasteiger charge is -2.19. The third kappa shape index (κ3) is 3.67. The molecular formula is C22H23N3O2. The van der Waals surface area contributed by atoms with E-state index in [0.29, 0.717) is 12.0 Å². The summed E-state index contributed by atoms with van der Waals surface area (Å²) in [6, 6.07) is 17.0. The van der Waals surface area contributed by atoms with Crippen molar-refractivity contribution in [2.24, 2.45) is 0 Å². The minimum atomic E-state index is -0.359. The number of carbonyl (C=O) groups excluding carboxylic acids is 2. The first-order valence-electron chi connectivity index (χ1n) is 9.02. The van der Waals surface area contributed by atoms with Crippen molar-refractivity contribution in [1.29, 1.82) is 0 Å². The lowest BCUT2D eigenvalue weighted by molar-refractivity contribution is -0.123. The van der Waals surface area contributed by atoms with Crippen molar-refractivity contribution >= 4 is 11.7 Å². The average Bonchev–Trinajstić information content (AvgIpc) is 3.13. The zero-order valence-electron chi connectivity index (χ0n) is 15.8. The van der Waals surface area contributed by atoms with E-state index in [2.05, 4.69) is 10.3 Å². The summed E-state index contributed by atoms with van der Waals surface area (Å²) in [7, 11) is 1.64. The van der Waals surface area contributed by atoms with Crippen LogP contribution in [-0.2, 0) is 4.79 Å². The Morgan fingerprint density at radius 3 is 2.26 bits per heavy atom. The van der Waals surface area contributed by atoms with Crippen LogP contribution in [0, 0.1) is 0 Å². The monoisotopic (exact) mass is 361 g/mol. The number of Topliss-reactive ketones (excluding diaryl/α,β-unsaturated/α-hetero) is 1. The third-order valence-corrected chi connectivity index (χ3v) is 4.68. The standard InChI is InChI=1S/C22H23N3O2/c1-4-19(22(27)23-3)25-14-24-20(17-8-6-5-7-9-17)21(25)18-12-10-16(11-13-18)15(2)26/h5-14,19H,4H2,1-3H3,(H,23,27). The molecule has 3 aromatic rings. The molecule has 2 aromatic carbocycles. The van der Waals surface area contributed by atoms with E-state index in [4.69, 9.17) is 0 Å². The van der Waals surface area contributed by atoms with E-state index in [1.54, 1.807) is 20.3 Å². The summed E-state index contributed by atoms with van der Waals surface area (Å²) in [4.78, 5) is 28.6. The molecule has 1 N–H and O–H groups in total. The molecule has 1 heterocycles. The lowest BCUT2D eigenvalue weighted by Crippen LogP contribution is -2.29. The molecule has 27 heavy (non-hydrogen) atoms. The predicted octanol–water partition coefficient (Wildman–Crippen LogP) is 4.12. The smallest absolute Gasteiger partial charge is 0.242 e. The first-order chi connectivity index (χ1) is 13.1. The summed E-state index contributed by atoms with van der Waals surface area (Å²) < 4.78 is 1.92. The maximum absolute atomic E-state index is 12.4. The second kappa shape index (κ2) is 7.99. The fourth-order valence-corrected chi connectivity index (χ4v) is 3.23. The van der Waals surface area contributed by atoms with Gasteiger partial charge in [0.2, 0.25) is 5.91 Å². The summed E-state index contributed by atoms with van der Waals surface area (Å²) >= 11 is 0. The number of likely N-dealkylation sites (N-methyl/N-ethyl adjacent to an activating group) is 1. The molecule has 0 saturated carbocycles. The molecule has 1 aromatic heterocycles. The van der Waals surface area contributed by atoms with Crippen LogP contribution in [0.3, 0.4) is 0 Å². The zero-order valence-corrected chi connectivity index (χ0v) is 15.8. The van der Waals surface area contributed by atoms with Crippen LogP contribution in [-0.4, -0.2) is 28.3 Å². The minimum absolute atomic E-state index is 0.0233. The van der Waals surface area contributed by atoms with Gasteiger partial charge < -0.3 is 9.88 Å². The molecule has 1 atom stereocenters. The maximum Gasteiger partial charge on any atom is 0.242 e. The van der Waals surface area contributed by atoms with Crippen LogP contribution < -0.4 is 5.32 Å². The largest absolute Gasteiger partial charge is 0.357 e. The number of imidazole rings is 1. The Morgan fingerprint density at radius 1 is 1.04 bits per heavy atom. The van der Waals surface area contributed by atoms with Gasteiger partial charge in [0.05, 0.1) is 17.7 Å². The SMILES string of the molecule is CCC(C(=O)NC)n1cnc(-c2ccccc2)c1-c1ccc(C(C)=O)cc1. The van der Waals surface area contributed by atoms with Gasteiger partial charge in [-0.25, -0.2) is 4.98 Å². The topological polar surface area (TPSA) is 64.0 Å². The molecule has 0 bridgehead atoms. The highest BCUT2D eigenvalue weighted by Crippen LogP contribution is 2.34. The molecule has 0 saturated heterocycles. The van der Waals surface area contributed by atoms with Gasteiger partial charge in [-0.15, -0.1) is 0 Å². The normalized spacial score (nSPS) is 11.8. The van der Waals surface area contributed by atoms with Crippen LogP contribution in [0.4, 0.5) is 0 Å². The van der Waals surface area contributed by atoms with Crippen molar-refractivity contribution in [3.8, 4) is 22.5 Å². The van der Waals surface area contributed by atoms with Crippen molar-refractivity contribution < 1.29 is 9.59 Å². The van der Waals surface area contributed by atoms with Gasteiger partial charge in [0, 0.05) is 23.7 Å². The van der Waals surface area contributed by atoms with E-state index in [9.17, 15) is 9.59 Å². The van der Waals surface area contributed by atoms with Crippen LogP contribution in [0.25, 0.3) is 22.5 Å². The van der Waals surface area contributed by atoms with Gasteiger partial charge in [-0.05, 0) is 13.3 Å². The number of hydrogen-bond acceptors (Lipinski definition) is 3. The Hall–Kier alpha value is -3.21. The van der Waals surface area contributed by atoms with Gasteiger partial charge in [0.25, 0.3) is 0 Å². The van der Waals surface area contributed by atoms with E-state index in [0.717, 1.165) is 22.5 Å². The first kappa shape index (κ1) is 18.6. The van der Waals surface area contributed by atoms with Crippen LogP contribution >= 0.6 is 0 Å². The molecule has 5 nitrogen and oxygen atoms in total. The Kier molecular flexibility index (Phi) is 5.50. The zero-order chi connectivity index (χ0) is 19.4. The first-order valence-corrected chi connectivity index (χ1v) is 9.02. The maximum atomic E-state index is 12.4. The number of aromatic nitrogens is 2. The Morgan fingerprint density at radius 2 is 1.70 bits per heavy atom. The van der Waals surface area contributed by atoms with Crippen molar-refractivity contribution in [2.75, 3.05) is 7.05 Å². The Bertz CT molecular complexity index is 943. The van der Waals surface area contributed by atoms with Gasteiger partial charge in [0.1, 0.15) is 6.04 Å². The van der Waals surface area contributed by atoms with Gasteiger partial charge >= 0.3 is 0 Å². The van der Waals surface area contributed by atoms with E-state index in [-0.39, 0.29) is 17.7 Å². The second-order valence-electron chi connectivity index (χ2n) is 6.39. The highest BCUT2D eigenvalue weighted by Gasteiger charge is 2.24. The molecule has 138 valence electrons. The van der Waals surface area contributed by atoms with Crippen LogP contribution in [0.15, 0.2) is 60.9 Å². The summed E-state index contributed by atoms with van der Waals surface area (Å²) in [6.07, 6.45) is 2.36. The minimum Gasteiger partial charge on any atom is -0.357 e. The highest BCUT2D eigenvalue weighted by atomic mass is 16.2. The molecule has 1 amide bonds. The Labute approximate surface area is 159 Å². The Balaban J connectivity index is 2.19. The third-order valence-electron chi connectivity index (χ3n) is 4.68. The van der Waals surface area contributed by atoms with Gasteiger partial charge in [-0.3, -0.25) is 9.59 Å². The highest BCUT2D eigenvalue weighted by molar-refractivity contribution is 5.94. The van der Waals surface area contributed by atoms with Gasteiger partial charge in [-0.2, -0.15) is 0 Å². The number of benzene rings is 2. The summed E-state index contributed by atoms with van der Waals surface area (Å²) in [5, 5.41) is 2.73. The number of nitrogens with one attached hydrogen (secondary N) is 1. The molecule has 0 fully saturated rings. The summed E-state index contributed by atoms with van der Waals surface area (Å²) in [5.74, 6) is -0.0359. The molecule has 0 aliphatic rings. The number of nitrogens with zero attached hydrogens (tertiary/aromatic N) is 2.